The summed E-state index contributed by atoms with van der Waals surface area (Å²) in [5.74, 6) is -0.274. The summed E-state index contributed by atoms with van der Waals surface area (Å²) >= 11 is 0. The average molecular weight is 383 g/mol. The van der Waals surface area contributed by atoms with Crippen LogP contribution in [0.15, 0.2) is 36.5 Å². The van der Waals surface area contributed by atoms with E-state index in [0.29, 0.717) is 0 Å². The molecular weight excluding hydrogens is 354 g/mol. The molecule has 2 N–H and O–H groups in total. The molecule has 0 radical (unpaired) electrons. The van der Waals surface area contributed by atoms with Crippen LogP contribution in [0.2, 0.25) is 0 Å². The van der Waals surface area contributed by atoms with Crippen LogP contribution in [0.25, 0.3) is 10.9 Å². The molecule has 28 heavy (non-hydrogen) atoms. The molecule has 1 aliphatic heterocycles. The van der Waals surface area contributed by atoms with Crippen molar-refractivity contribution in [2.24, 2.45) is 0 Å². The van der Waals surface area contributed by atoms with Crippen molar-refractivity contribution in [1.82, 2.24) is 20.5 Å². The van der Waals surface area contributed by atoms with Gasteiger partial charge in [0.15, 0.2) is 0 Å². The highest BCUT2D eigenvalue weighted by atomic mass is 16.2. The molecule has 0 spiro atoms. The Hall–Kier alpha value is -2.67. The Balaban J connectivity index is 1.59. The number of urea groups is 1. The second-order valence-corrected chi connectivity index (χ2v) is 8.24. The fourth-order valence-electron chi connectivity index (χ4n) is 3.46. The highest BCUT2D eigenvalue weighted by Crippen LogP contribution is 2.26. The lowest BCUT2D eigenvalue weighted by molar-refractivity contribution is -0.124. The Morgan fingerprint density at radius 1 is 1.07 bits per heavy atom. The molecule has 2 heterocycles. The summed E-state index contributed by atoms with van der Waals surface area (Å²) in [6, 6.07) is 9.36. The summed E-state index contributed by atoms with van der Waals surface area (Å²) < 4.78 is 0. The fraction of sp³-hybridized carbons (Fsp3) is 0.476. The summed E-state index contributed by atoms with van der Waals surface area (Å²) in [6.07, 6.45) is 1.84. The number of amides is 3. The van der Waals surface area contributed by atoms with Crippen LogP contribution in [0.5, 0.6) is 0 Å². The zero-order chi connectivity index (χ0) is 20.3. The zero-order valence-corrected chi connectivity index (χ0v) is 17.0. The minimum absolute atomic E-state index is 0.274. The molecule has 7 nitrogen and oxygen atoms in total. The molecule has 1 fully saturated rings. The van der Waals surface area contributed by atoms with Crippen LogP contribution >= 0.6 is 0 Å². The van der Waals surface area contributed by atoms with E-state index in [1.807, 2.05) is 58.2 Å². The number of carbonyl (C=O) groups excluding carboxylic acids is 2. The summed E-state index contributed by atoms with van der Waals surface area (Å²) in [4.78, 5) is 33.2. The Bertz CT molecular complexity index is 848. The molecule has 2 aromatic rings. The van der Waals surface area contributed by atoms with Gasteiger partial charge in [-0.1, -0.05) is 18.2 Å². The first-order valence-electron chi connectivity index (χ1n) is 9.70. The van der Waals surface area contributed by atoms with Crippen LogP contribution in [0.4, 0.5) is 10.5 Å². The molecule has 7 heteroatoms. The Kier molecular flexibility index (Phi) is 5.84. The van der Waals surface area contributed by atoms with E-state index in [4.69, 9.17) is 0 Å². The molecule has 1 aliphatic rings. The number of hydrogen-bond donors (Lipinski definition) is 2. The minimum Gasteiger partial charge on any atom is -0.368 e. The van der Waals surface area contributed by atoms with Gasteiger partial charge in [0.1, 0.15) is 0 Å². The van der Waals surface area contributed by atoms with Crippen molar-refractivity contribution in [1.29, 1.82) is 0 Å². The summed E-state index contributed by atoms with van der Waals surface area (Å²) in [6.45, 7) is 10.6. The number of nitrogens with zero attached hydrogens (tertiary/aromatic N) is 3. The molecule has 0 aliphatic carbocycles. The number of pyridine rings is 1. The van der Waals surface area contributed by atoms with E-state index in [9.17, 15) is 9.59 Å². The quantitative estimate of drug-likeness (QED) is 0.851. The number of rotatable bonds is 3. The lowest BCUT2D eigenvalue weighted by Crippen LogP contribution is -2.56. The molecule has 1 aromatic carbocycles. The smallest absolute Gasteiger partial charge is 0.321 e. The van der Waals surface area contributed by atoms with E-state index >= 15 is 0 Å². The van der Waals surface area contributed by atoms with E-state index < -0.39 is 6.03 Å². The Morgan fingerprint density at radius 2 is 1.75 bits per heavy atom. The predicted octanol–water partition coefficient (Wildman–Crippen LogP) is 2.37. The number of para-hydroxylation sites is 1. The van der Waals surface area contributed by atoms with Crippen LogP contribution in [-0.2, 0) is 4.79 Å². The summed E-state index contributed by atoms with van der Waals surface area (Å²) in [5, 5.41) is 6.34. The highest BCUT2D eigenvalue weighted by molar-refractivity contribution is 5.97. The third-order valence-corrected chi connectivity index (χ3v) is 4.93. The van der Waals surface area contributed by atoms with Gasteiger partial charge in [0.25, 0.3) is 0 Å². The standard InChI is InChI=1S/C21H29N5O2/c1-15(19(27)23-20(28)24-21(2,3)4)25-11-13-26(14-12-25)18-9-10-22-17-8-6-5-7-16(17)18/h5-10,15H,11-14H2,1-4H3,(H2,23,24,27,28). The maximum atomic E-state index is 12.4. The molecule has 1 aromatic heterocycles. The number of carbonyl (C=O) groups is 2. The first-order valence-corrected chi connectivity index (χ1v) is 9.70. The normalized spacial score (nSPS) is 16.6. The van der Waals surface area contributed by atoms with Gasteiger partial charge in [0.05, 0.1) is 11.6 Å². The second kappa shape index (κ2) is 8.14. The Labute approximate surface area is 166 Å². The number of aromatic nitrogens is 1. The predicted molar refractivity (Wildman–Crippen MR) is 111 cm³/mol. The fourth-order valence-corrected chi connectivity index (χ4v) is 3.46. The van der Waals surface area contributed by atoms with Crippen LogP contribution < -0.4 is 15.5 Å². The van der Waals surface area contributed by atoms with E-state index in [1.54, 1.807) is 0 Å². The van der Waals surface area contributed by atoms with Gasteiger partial charge in [-0.2, -0.15) is 0 Å². The SMILES string of the molecule is CC(C(=O)NC(=O)NC(C)(C)C)N1CCN(c2ccnc3ccccc23)CC1. The van der Waals surface area contributed by atoms with Crippen molar-refractivity contribution < 1.29 is 9.59 Å². The van der Waals surface area contributed by atoms with Gasteiger partial charge in [-0.05, 0) is 39.8 Å². The van der Waals surface area contributed by atoms with Crippen LogP contribution in [0, 0.1) is 0 Å². The first kappa shape index (κ1) is 20.1. The van der Waals surface area contributed by atoms with Gasteiger partial charge < -0.3 is 10.2 Å². The van der Waals surface area contributed by atoms with Gasteiger partial charge in [-0.3, -0.25) is 20.0 Å². The average Bonchev–Trinajstić information content (AvgIpc) is 2.65. The van der Waals surface area contributed by atoms with E-state index in [2.05, 4.69) is 31.5 Å². The molecule has 0 bridgehead atoms. The van der Waals surface area contributed by atoms with Crippen LogP contribution in [-0.4, -0.2) is 59.6 Å². The summed E-state index contributed by atoms with van der Waals surface area (Å²) in [5.41, 5.74) is 1.78. The van der Waals surface area contributed by atoms with Crippen molar-refractivity contribution >= 4 is 28.5 Å². The van der Waals surface area contributed by atoms with Gasteiger partial charge in [-0.15, -0.1) is 0 Å². The lowest BCUT2D eigenvalue weighted by atomic mass is 10.1. The lowest BCUT2D eigenvalue weighted by Gasteiger charge is -2.38. The third kappa shape index (κ3) is 4.78. The molecule has 1 unspecified atom stereocenters. The highest BCUT2D eigenvalue weighted by Gasteiger charge is 2.27. The minimum atomic E-state index is -0.453. The van der Waals surface area contributed by atoms with Crippen molar-refractivity contribution in [3.8, 4) is 0 Å². The second-order valence-electron chi connectivity index (χ2n) is 8.24. The van der Waals surface area contributed by atoms with E-state index in [1.165, 1.54) is 5.69 Å². The molecule has 0 saturated carbocycles. The number of anilines is 1. The van der Waals surface area contributed by atoms with Gasteiger partial charge in [-0.25, -0.2) is 4.79 Å². The Morgan fingerprint density at radius 3 is 2.43 bits per heavy atom. The first-order chi connectivity index (χ1) is 13.2. The van der Waals surface area contributed by atoms with Crippen LogP contribution in [0.3, 0.4) is 0 Å². The third-order valence-electron chi connectivity index (χ3n) is 4.93. The number of fused-ring (bicyclic) bond motifs is 1. The van der Waals surface area contributed by atoms with Gasteiger partial charge in [0.2, 0.25) is 5.91 Å². The molecule has 3 rings (SSSR count). The van der Waals surface area contributed by atoms with Gasteiger partial charge >= 0.3 is 6.03 Å². The summed E-state index contributed by atoms with van der Waals surface area (Å²) in [7, 11) is 0. The van der Waals surface area contributed by atoms with E-state index in [0.717, 1.165) is 37.1 Å². The molecular formula is C21H29N5O2. The number of piperazine rings is 1. The van der Waals surface area contributed by atoms with E-state index in [-0.39, 0.29) is 17.5 Å². The monoisotopic (exact) mass is 383 g/mol. The molecule has 1 saturated heterocycles. The maximum absolute atomic E-state index is 12.4. The largest absolute Gasteiger partial charge is 0.368 e. The number of benzene rings is 1. The van der Waals surface area contributed by atoms with Crippen LogP contribution in [0.1, 0.15) is 27.7 Å². The van der Waals surface area contributed by atoms with Crippen molar-refractivity contribution in [2.75, 3.05) is 31.1 Å². The zero-order valence-electron chi connectivity index (χ0n) is 17.0. The number of imide groups is 1. The topological polar surface area (TPSA) is 77.6 Å². The maximum Gasteiger partial charge on any atom is 0.321 e. The van der Waals surface area contributed by atoms with Gasteiger partial charge in [0, 0.05) is 49.0 Å². The van der Waals surface area contributed by atoms with Crippen molar-refractivity contribution in [3.05, 3.63) is 36.5 Å². The molecule has 3 amide bonds. The number of nitrogens with one attached hydrogen (secondary N) is 2. The number of hydrogen-bond acceptors (Lipinski definition) is 5. The molecule has 150 valence electrons. The van der Waals surface area contributed by atoms with Crippen molar-refractivity contribution in [3.63, 3.8) is 0 Å². The van der Waals surface area contributed by atoms with Crippen molar-refractivity contribution in [2.45, 2.75) is 39.3 Å². The molecule has 1 atom stereocenters.